The van der Waals surface area contributed by atoms with E-state index in [1.54, 1.807) is 17.0 Å². The molecule has 0 spiro atoms. The predicted octanol–water partition coefficient (Wildman–Crippen LogP) is 1.71. The molecule has 1 atom stereocenters. The van der Waals surface area contributed by atoms with Gasteiger partial charge in [0.15, 0.2) is 5.76 Å². The Balaban J connectivity index is 1.37. The van der Waals surface area contributed by atoms with Crippen LogP contribution in [0.2, 0.25) is 0 Å². The number of rotatable bonds is 5. The molecule has 1 saturated heterocycles. The summed E-state index contributed by atoms with van der Waals surface area (Å²) in [6, 6.07) is 2.96. The Kier molecular flexibility index (Phi) is 5.42. The zero-order valence-corrected chi connectivity index (χ0v) is 17.1. The highest BCUT2D eigenvalue weighted by Crippen LogP contribution is 2.38. The zero-order chi connectivity index (χ0) is 20.5. The van der Waals surface area contributed by atoms with Crippen LogP contribution in [0.15, 0.2) is 22.8 Å². The van der Waals surface area contributed by atoms with Crippen molar-refractivity contribution in [3.8, 4) is 0 Å². The van der Waals surface area contributed by atoms with E-state index < -0.39 is 5.91 Å². The van der Waals surface area contributed by atoms with Crippen molar-refractivity contribution in [2.24, 2.45) is 5.73 Å². The average molecular weight is 417 g/mol. The Labute approximate surface area is 172 Å². The molecule has 2 aromatic heterocycles. The molecule has 2 aliphatic rings. The molecule has 3 amide bonds. The molecule has 1 aliphatic heterocycles. The van der Waals surface area contributed by atoms with Crippen LogP contribution in [0.4, 0.5) is 5.00 Å². The lowest BCUT2D eigenvalue weighted by atomic mass is 10.1. The Morgan fingerprint density at radius 1 is 1.21 bits per heavy atom. The Morgan fingerprint density at radius 3 is 2.62 bits per heavy atom. The van der Waals surface area contributed by atoms with E-state index in [0.717, 1.165) is 29.7 Å². The number of nitrogens with one attached hydrogen (secondary N) is 1. The number of amides is 3. The number of anilines is 1. The maximum Gasteiger partial charge on any atom is 0.289 e. The van der Waals surface area contributed by atoms with E-state index in [-0.39, 0.29) is 17.9 Å². The number of nitrogens with zero attached hydrogens (tertiary/aromatic N) is 2. The zero-order valence-electron chi connectivity index (χ0n) is 16.3. The van der Waals surface area contributed by atoms with Gasteiger partial charge in [-0.05, 0) is 43.9 Å². The van der Waals surface area contributed by atoms with Gasteiger partial charge in [-0.1, -0.05) is 0 Å². The fourth-order valence-electron chi connectivity index (χ4n) is 4.00. The van der Waals surface area contributed by atoms with Gasteiger partial charge < -0.3 is 20.4 Å². The number of thiophene rings is 1. The van der Waals surface area contributed by atoms with Crippen LogP contribution in [0.1, 0.15) is 44.7 Å². The Morgan fingerprint density at radius 2 is 1.97 bits per heavy atom. The summed E-state index contributed by atoms with van der Waals surface area (Å²) in [7, 11) is 0. The molecule has 0 aromatic carbocycles. The van der Waals surface area contributed by atoms with E-state index in [1.807, 2.05) is 11.8 Å². The number of nitrogens with two attached hydrogens (primary N) is 1. The number of carbonyl (C=O) groups is 3. The van der Waals surface area contributed by atoms with Crippen LogP contribution in [0.3, 0.4) is 0 Å². The first kappa shape index (κ1) is 19.7. The van der Waals surface area contributed by atoms with Gasteiger partial charge in [0.25, 0.3) is 11.8 Å². The molecule has 1 aliphatic carbocycles. The second kappa shape index (κ2) is 8.00. The first-order chi connectivity index (χ1) is 14.0. The predicted molar refractivity (Wildman–Crippen MR) is 109 cm³/mol. The highest BCUT2D eigenvalue weighted by atomic mass is 32.1. The third kappa shape index (κ3) is 3.79. The molecule has 4 rings (SSSR count). The van der Waals surface area contributed by atoms with Gasteiger partial charge in [0.1, 0.15) is 5.00 Å². The molecule has 29 heavy (non-hydrogen) atoms. The summed E-state index contributed by atoms with van der Waals surface area (Å²) in [6.07, 6.45) is 4.27. The van der Waals surface area contributed by atoms with Gasteiger partial charge in [-0.2, -0.15) is 0 Å². The molecule has 9 heteroatoms. The average Bonchev–Trinajstić information content (AvgIpc) is 3.44. The second-order valence-corrected chi connectivity index (χ2v) is 8.50. The van der Waals surface area contributed by atoms with Crippen molar-refractivity contribution < 1.29 is 18.8 Å². The highest BCUT2D eigenvalue weighted by molar-refractivity contribution is 7.17. The van der Waals surface area contributed by atoms with Gasteiger partial charge in [0, 0.05) is 31.1 Å². The van der Waals surface area contributed by atoms with Gasteiger partial charge in [-0.25, -0.2) is 0 Å². The standard InChI is InChI=1S/C20H24N4O4S/c1-12(23-7-9-24(10-8-23)20(27)14-5-3-11-28-14)18(26)22-19-16(17(21)25)13-4-2-6-15(13)29-19/h3,5,11-12H,2,4,6-10H2,1H3,(H2,21,25)(H,22,26)/t12-/m1/s1. The molecule has 2 aromatic rings. The molecular weight excluding hydrogens is 392 g/mol. The van der Waals surface area contributed by atoms with Gasteiger partial charge in [0.05, 0.1) is 17.9 Å². The number of piperazine rings is 1. The minimum Gasteiger partial charge on any atom is -0.459 e. The lowest BCUT2D eigenvalue weighted by Gasteiger charge is -2.37. The van der Waals surface area contributed by atoms with Crippen LogP contribution in [0, 0.1) is 0 Å². The fraction of sp³-hybridized carbons (Fsp3) is 0.450. The van der Waals surface area contributed by atoms with Gasteiger partial charge >= 0.3 is 0 Å². The summed E-state index contributed by atoms with van der Waals surface area (Å²) in [4.78, 5) is 42.0. The lowest BCUT2D eigenvalue weighted by Crippen LogP contribution is -2.54. The number of aryl methyl sites for hydroxylation is 1. The van der Waals surface area contributed by atoms with Crippen molar-refractivity contribution in [3.63, 3.8) is 0 Å². The van der Waals surface area contributed by atoms with Gasteiger partial charge in [-0.3, -0.25) is 19.3 Å². The molecule has 154 valence electrons. The second-order valence-electron chi connectivity index (χ2n) is 7.40. The number of carbonyl (C=O) groups excluding carboxylic acids is 3. The number of hydrogen-bond acceptors (Lipinski definition) is 6. The van der Waals surface area contributed by atoms with E-state index >= 15 is 0 Å². The van der Waals surface area contributed by atoms with E-state index in [9.17, 15) is 14.4 Å². The van der Waals surface area contributed by atoms with E-state index in [1.165, 1.54) is 17.6 Å². The van der Waals surface area contributed by atoms with E-state index in [0.29, 0.717) is 42.5 Å². The number of fused-ring (bicyclic) bond motifs is 1. The van der Waals surface area contributed by atoms with Crippen molar-refractivity contribution in [2.45, 2.75) is 32.2 Å². The first-order valence-corrected chi connectivity index (χ1v) is 10.6. The first-order valence-electron chi connectivity index (χ1n) is 9.77. The van der Waals surface area contributed by atoms with Crippen molar-refractivity contribution >= 4 is 34.1 Å². The maximum absolute atomic E-state index is 12.8. The van der Waals surface area contributed by atoms with Crippen LogP contribution in [-0.4, -0.2) is 59.7 Å². The summed E-state index contributed by atoms with van der Waals surface area (Å²) < 4.78 is 5.18. The smallest absolute Gasteiger partial charge is 0.289 e. The summed E-state index contributed by atoms with van der Waals surface area (Å²) in [5.41, 5.74) is 7.04. The normalized spacial score (nSPS) is 17.8. The fourth-order valence-corrected chi connectivity index (χ4v) is 5.30. The Hall–Kier alpha value is -2.65. The van der Waals surface area contributed by atoms with Gasteiger partial charge in [0.2, 0.25) is 5.91 Å². The molecule has 8 nitrogen and oxygen atoms in total. The molecule has 1 fully saturated rings. The third-order valence-electron chi connectivity index (χ3n) is 5.67. The number of primary amides is 1. The summed E-state index contributed by atoms with van der Waals surface area (Å²) in [6.45, 7) is 4.06. The molecule has 3 N–H and O–H groups in total. The van der Waals surface area contributed by atoms with Crippen LogP contribution < -0.4 is 11.1 Å². The molecular formula is C20H24N4O4S. The molecule has 0 saturated carbocycles. The number of furan rings is 1. The topological polar surface area (TPSA) is 109 Å². The maximum atomic E-state index is 12.8. The van der Waals surface area contributed by atoms with Crippen molar-refractivity contribution in [1.29, 1.82) is 0 Å². The van der Waals surface area contributed by atoms with Crippen LogP contribution in [0.5, 0.6) is 0 Å². The summed E-state index contributed by atoms with van der Waals surface area (Å²) in [5.74, 6) is -0.462. The molecule has 0 radical (unpaired) electrons. The van der Waals surface area contributed by atoms with Crippen molar-refractivity contribution in [3.05, 3.63) is 40.2 Å². The quantitative estimate of drug-likeness (QED) is 0.771. The molecule has 0 unspecified atom stereocenters. The van der Waals surface area contributed by atoms with Crippen LogP contribution in [-0.2, 0) is 17.6 Å². The lowest BCUT2D eigenvalue weighted by molar-refractivity contribution is -0.121. The van der Waals surface area contributed by atoms with Crippen molar-refractivity contribution in [1.82, 2.24) is 9.80 Å². The third-order valence-corrected chi connectivity index (χ3v) is 6.87. The van der Waals surface area contributed by atoms with Crippen molar-refractivity contribution in [2.75, 3.05) is 31.5 Å². The SMILES string of the molecule is C[C@H](C(=O)Nc1sc2c(c1C(N)=O)CCC2)N1CCN(C(=O)c2ccco2)CC1. The van der Waals surface area contributed by atoms with Crippen LogP contribution >= 0.6 is 11.3 Å². The minimum atomic E-state index is -0.489. The molecule has 3 heterocycles. The van der Waals surface area contributed by atoms with E-state index in [2.05, 4.69) is 5.32 Å². The molecule has 0 bridgehead atoms. The van der Waals surface area contributed by atoms with Gasteiger partial charge in [-0.15, -0.1) is 11.3 Å². The van der Waals surface area contributed by atoms with E-state index in [4.69, 9.17) is 10.2 Å². The number of hydrogen-bond donors (Lipinski definition) is 2. The monoisotopic (exact) mass is 416 g/mol. The summed E-state index contributed by atoms with van der Waals surface area (Å²) in [5, 5.41) is 3.48. The minimum absolute atomic E-state index is 0.133. The Bertz CT molecular complexity index is 929. The highest BCUT2D eigenvalue weighted by Gasteiger charge is 2.31. The summed E-state index contributed by atoms with van der Waals surface area (Å²) >= 11 is 1.46. The largest absolute Gasteiger partial charge is 0.459 e. The van der Waals surface area contributed by atoms with Crippen LogP contribution in [0.25, 0.3) is 0 Å².